The van der Waals surface area contributed by atoms with Crippen molar-refractivity contribution in [3.8, 4) is 0 Å². The Hall–Kier alpha value is -1.51. The quantitative estimate of drug-likeness (QED) is 0.841. The number of nitrogens with two attached hydrogens (primary N) is 1. The van der Waals surface area contributed by atoms with Gasteiger partial charge >= 0.3 is 0 Å². The van der Waals surface area contributed by atoms with Gasteiger partial charge in [-0.3, -0.25) is 4.79 Å². The van der Waals surface area contributed by atoms with Gasteiger partial charge in [-0.1, -0.05) is 6.92 Å². The molecule has 0 heterocycles. The molecule has 0 spiro atoms. The van der Waals surface area contributed by atoms with Crippen molar-refractivity contribution >= 4 is 11.6 Å². The molecule has 0 bridgehead atoms. The molecule has 1 aliphatic carbocycles. The highest BCUT2D eigenvalue weighted by Crippen LogP contribution is 2.28. The molecule has 1 saturated carbocycles. The predicted molar refractivity (Wildman–Crippen MR) is 70.1 cm³/mol. The van der Waals surface area contributed by atoms with Crippen LogP contribution in [0, 0.1) is 12.8 Å². The highest BCUT2D eigenvalue weighted by Gasteiger charge is 2.21. The minimum atomic E-state index is -0.367. The lowest BCUT2D eigenvalue weighted by Gasteiger charge is -2.16. The summed E-state index contributed by atoms with van der Waals surface area (Å²) in [5.41, 5.74) is 8.04. The first-order valence-corrected chi connectivity index (χ1v) is 6.23. The molecular weight excluding hydrogens is 212 g/mol. The molecule has 2 atom stereocenters. The summed E-state index contributed by atoms with van der Waals surface area (Å²) < 4.78 is 0. The lowest BCUT2D eigenvalue weighted by molar-refractivity contribution is 0.1000. The first-order chi connectivity index (χ1) is 8.06. The third kappa shape index (κ3) is 2.78. The number of primary amides is 1. The molecule has 1 aliphatic rings. The van der Waals surface area contributed by atoms with Crippen molar-refractivity contribution < 1.29 is 4.79 Å². The van der Waals surface area contributed by atoms with Gasteiger partial charge < -0.3 is 11.1 Å². The van der Waals surface area contributed by atoms with Gasteiger partial charge in [0.1, 0.15) is 0 Å². The van der Waals surface area contributed by atoms with E-state index in [1.807, 2.05) is 19.1 Å². The smallest absolute Gasteiger partial charge is 0.248 e. The number of aryl methyl sites for hydroxylation is 1. The molecule has 0 aliphatic heterocycles. The van der Waals surface area contributed by atoms with Crippen LogP contribution in [-0.2, 0) is 0 Å². The Balaban J connectivity index is 2.09. The van der Waals surface area contributed by atoms with Crippen molar-refractivity contribution in [3.05, 3.63) is 29.3 Å². The molecule has 1 amide bonds. The lowest BCUT2D eigenvalue weighted by Crippen LogP contribution is -2.17. The van der Waals surface area contributed by atoms with Gasteiger partial charge in [0.15, 0.2) is 0 Å². The molecule has 0 saturated heterocycles. The van der Waals surface area contributed by atoms with Crippen molar-refractivity contribution in [2.24, 2.45) is 11.7 Å². The fourth-order valence-corrected chi connectivity index (χ4v) is 2.54. The van der Waals surface area contributed by atoms with Crippen LogP contribution >= 0.6 is 0 Å². The number of rotatable bonds is 3. The molecule has 92 valence electrons. The number of anilines is 1. The molecule has 2 unspecified atom stereocenters. The molecule has 3 heteroatoms. The summed E-state index contributed by atoms with van der Waals surface area (Å²) in [4.78, 5) is 11.1. The molecule has 3 nitrogen and oxygen atoms in total. The summed E-state index contributed by atoms with van der Waals surface area (Å²) in [5.74, 6) is 0.451. The normalized spacial score (nSPS) is 23.6. The van der Waals surface area contributed by atoms with E-state index in [2.05, 4.69) is 12.2 Å². The average molecular weight is 232 g/mol. The number of carbonyl (C=O) groups is 1. The number of amides is 1. The van der Waals surface area contributed by atoms with E-state index < -0.39 is 0 Å². The second kappa shape index (κ2) is 4.78. The van der Waals surface area contributed by atoms with E-state index in [1.165, 1.54) is 19.3 Å². The fourth-order valence-electron chi connectivity index (χ4n) is 2.54. The van der Waals surface area contributed by atoms with Crippen LogP contribution in [-0.4, -0.2) is 11.9 Å². The number of benzene rings is 1. The molecular formula is C14H20N2O. The van der Waals surface area contributed by atoms with Gasteiger partial charge in [-0.05, 0) is 55.9 Å². The second-order valence-corrected chi connectivity index (χ2v) is 5.15. The van der Waals surface area contributed by atoms with E-state index in [-0.39, 0.29) is 5.91 Å². The van der Waals surface area contributed by atoms with E-state index >= 15 is 0 Å². The predicted octanol–water partition coefficient (Wildman–Crippen LogP) is 2.69. The Kier molecular flexibility index (Phi) is 3.36. The number of carbonyl (C=O) groups excluding carboxylic acids is 1. The number of hydrogen-bond donors (Lipinski definition) is 2. The molecule has 17 heavy (non-hydrogen) atoms. The average Bonchev–Trinajstić information content (AvgIpc) is 2.67. The van der Waals surface area contributed by atoms with Crippen molar-refractivity contribution in [2.45, 2.75) is 39.2 Å². The van der Waals surface area contributed by atoms with E-state index in [4.69, 9.17) is 5.73 Å². The highest BCUT2D eigenvalue weighted by molar-refractivity contribution is 5.93. The van der Waals surface area contributed by atoms with Crippen LogP contribution in [0.4, 0.5) is 5.69 Å². The first-order valence-electron chi connectivity index (χ1n) is 6.23. The van der Waals surface area contributed by atoms with Crippen LogP contribution in [0.5, 0.6) is 0 Å². The molecule has 1 aromatic rings. The zero-order valence-corrected chi connectivity index (χ0v) is 10.5. The van der Waals surface area contributed by atoms with Crippen molar-refractivity contribution in [1.82, 2.24) is 0 Å². The highest BCUT2D eigenvalue weighted by atomic mass is 16.1. The second-order valence-electron chi connectivity index (χ2n) is 5.15. The Morgan fingerprint density at radius 2 is 2.18 bits per heavy atom. The number of nitrogens with one attached hydrogen (secondary N) is 1. The summed E-state index contributed by atoms with van der Waals surface area (Å²) in [5, 5.41) is 3.55. The Labute approximate surface area is 102 Å². The summed E-state index contributed by atoms with van der Waals surface area (Å²) in [7, 11) is 0. The van der Waals surface area contributed by atoms with Crippen molar-refractivity contribution in [1.29, 1.82) is 0 Å². The van der Waals surface area contributed by atoms with Crippen LogP contribution in [0.25, 0.3) is 0 Å². The Bertz CT molecular complexity index is 428. The molecule has 2 rings (SSSR count). The molecule has 3 N–H and O–H groups in total. The maximum Gasteiger partial charge on any atom is 0.248 e. The third-order valence-electron chi connectivity index (χ3n) is 3.57. The number of hydrogen-bond acceptors (Lipinski definition) is 2. The maximum absolute atomic E-state index is 11.1. The minimum absolute atomic E-state index is 0.367. The minimum Gasteiger partial charge on any atom is -0.382 e. The monoisotopic (exact) mass is 232 g/mol. The standard InChI is InChI=1S/C14H20N2O/c1-9-3-5-12(7-9)16-13-6-4-11(14(15)17)8-10(13)2/h4,6,8-9,12,16H,3,5,7H2,1-2H3,(H2,15,17). The van der Waals surface area contributed by atoms with E-state index in [0.29, 0.717) is 11.6 Å². The van der Waals surface area contributed by atoms with Gasteiger partial charge in [-0.25, -0.2) is 0 Å². The van der Waals surface area contributed by atoms with Gasteiger partial charge in [-0.2, -0.15) is 0 Å². The molecule has 0 radical (unpaired) electrons. The Morgan fingerprint density at radius 1 is 1.41 bits per heavy atom. The van der Waals surface area contributed by atoms with Gasteiger partial charge in [0.25, 0.3) is 0 Å². The zero-order valence-electron chi connectivity index (χ0n) is 10.5. The van der Waals surface area contributed by atoms with Crippen molar-refractivity contribution in [2.75, 3.05) is 5.32 Å². The molecule has 1 fully saturated rings. The van der Waals surface area contributed by atoms with Crippen LogP contribution in [0.15, 0.2) is 18.2 Å². The summed E-state index contributed by atoms with van der Waals surface area (Å²) >= 11 is 0. The van der Waals surface area contributed by atoms with Crippen LogP contribution in [0.1, 0.15) is 42.1 Å². The van der Waals surface area contributed by atoms with Gasteiger partial charge in [-0.15, -0.1) is 0 Å². The molecule has 1 aromatic carbocycles. The summed E-state index contributed by atoms with van der Waals surface area (Å²) in [6.45, 7) is 4.30. The maximum atomic E-state index is 11.1. The Morgan fingerprint density at radius 3 is 2.71 bits per heavy atom. The van der Waals surface area contributed by atoms with Crippen LogP contribution < -0.4 is 11.1 Å². The summed E-state index contributed by atoms with van der Waals surface area (Å²) in [6, 6.07) is 6.17. The molecule has 0 aromatic heterocycles. The fraction of sp³-hybridized carbons (Fsp3) is 0.500. The SMILES string of the molecule is Cc1cc(C(N)=O)ccc1NC1CCC(C)C1. The zero-order chi connectivity index (χ0) is 12.4. The van der Waals surface area contributed by atoms with E-state index in [0.717, 1.165) is 17.2 Å². The van der Waals surface area contributed by atoms with Gasteiger partial charge in [0.2, 0.25) is 5.91 Å². The van der Waals surface area contributed by atoms with Gasteiger partial charge in [0.05, 0.1) is 0 Å². The topological polar surface area (TPSA) is 55.1 Å². The van der Waals surface area contributed by atoms with E-state index in [1.54, 1.807) is 6.07 Å². The van der Waals surface area contributed by atoms with E-state index in [9.17, 15) is 4.79 Å². The largest absolute Gasteiger partial charge is 0.382 e. The first kappa shape index (κ1) is 12.0. The van der Waals surface area contributed by atoms with Gasteiger partial charge in [0, 0.05) is 17.3 Å². The lowest BCUT2D eigenvalue weighted by atomic mass is 10.1. The van der Waals surface area contributed by atoms with Crippen molar-refractivity contribution in [3.63, 3.8) is 0 Å². The summed E-state index contributed by atoms with van der Waals surface area (Å²) in [6.07, 6.45) is 3.77. The van der Waals surface area contributed by atoms with Crippen LogP contribution in [0.2, 0.25) is 0 Å². The van der Waals surface area contributed by atoms with Crippen LogP contribution in [0.3, 0.4) is 0 Å². The third-order valence-corrected chi connectivity index (χ3v) is 3.57.